The fourth-order valence-corrected chi connectivity index (χ4v) is 7.17. The molecule has 124 valence electrons. The van der Waals surface area contributed by atoms with Gasteiger partial charge in [0.05, 0.1) is 11.7 Å². The zero-order valence-electron chi connectivity index (χ0n) is 13.9. The van der Waals surface area contributed by atoms with Gasteiger partial charge in [0.15, 0.2) is 0 Å². The number of aliphatic hydroxyl groups is 1. The molecular formula is C19H26N2O2. The molecule has 6 aliphatic rings. The van der Waals surface area contributed by atoms with Gasteiger partial charge in [0.1, 0.15) is 6.04 Å². The lowest BCUT2D eigenvalue weighted by Crippen LogP contribution is -2.59. The van der Waals surface area contributed by atoms with Crippen molar-refractivity contribution in [1.82, 2.24) is 4.90 Å². The van der Waals surface area contributed by atoms with Crippen LogP contribution in [0, 0.1) is 40.4 Å². The summed E-state index contributed by atoms with van der Waals surface area (Å²) >= 11 is 0. The Bertz CT molecular complexity index is 595. The summed E-state index contributed by atoms with van der Waals surface area (Å²) < 4.78 is 0. The summed E-state index contributed by atoms with van der Waals surface area (Å²) in [5, 5.41) is 20.3. The van der Waals surface area contributed by atoms with Crippen molar-refractivity contribution >= 4 is 5.91 Å². The summed E-state index contributed by atoms with van der Waals surface area (Å²) in [6.07, 6.45) is 8.14. The average molecular weight is 314 g/mol. The van der Waals surface area contributed by atoms with Gasteiger partial charge in [0.2, 0.25) is 5.91 Å². The predicted octanol–water partition coefficient (Wildman–Crippen LogP) is 2.47. The molecule has 0 spiro atoms. The van der Waals surface area contributed by atoms with Gasteiger partial charge in [-0.25, -0.2) is 0 Å². The maximum atomic E-state index is 13.3. The average Bonchev–Trinajstić information content (AvgIpc) is 3.14. The van der Waals surface area contributed by atoms with Gasteiger partial charge in [-0.05, 0) is 74.5 Å². The Balaban J connectivity index is 1.43. The van der Waals surface area contributed by atoms with Gasteiger partial charge in [-0.3, -0.25) is 4.79 Å². The molecule has 23 heavy (non-hydrogen) atoms. The molecule has 1 amide bonds. The summed E-state index contributed by atoms with van der Waals surface area (Å²) in [6, 6.07) is 2.48. The summed E-state index contributed by atoms with van der Waals surface area (Å²) in [6.45, 7) is 2.09. The minimum atomic E-state index is -0.514. The van der Waals surface area contributed by atoms with Crippen LogP contribution in [-0.4, -0.2) is 33.6 Å². The van der Waals surface area contributed by atoms with E-state index in [0.717, 1.165) is 44.9 Å². The standard InChI is InChI=1S/C19H26N2O2/c1-11(17(22)21-15(9-20)3-14-4-16(14)21)18-5-12-2-13(6-18)8-19(23,7-12)10-18/h11-16,23H,2-8,10H2,1H3/t11-,12?,13?,14?,15+,16?,18?,19?/m1/s1. The quantitative estimate of drug-likeness (QED) is 0.851. The van der Waals surface area contributed by atoms with Gasteiger partial charge >= 0.3 is 0 Å². The second-order valence-corrected chi connectivity index (χ2v) is 9.46. The minimum Gasteiger partial charge on any atom is -0.390 e. The summed E-state index contributed by atoms with van der Waals surface area (Å²) in [5.41, 5.74) is -0.525. The molecule has 4 unspecified atom stereocenters. The van der Waals surface area contributed by atoms with Gasteiger partial charge in [0, 0.05) is 12.0 Å². The second kappa shape index (κ2) is 4.30. The molecule has 0 aromatic carbocycles. The minimum absolute atomic E-state index is 0.0110. The van der Waals surface area contributed by atoms with E-state index in [9.17, 15) is 15.2 Å². The van der Waals surface area contributed by atoms with E-state index >= 15 is 0 Å². The molecule has 6 rings (SSSR count). The van der Waals surface area contributed by atoms with E-state index in [0.29, 0.717) is 23.8 Å². The number of hydrogen-bond acceptors (Lipinski definition) is 3. The molecule has 6 fully saturated rings. The van der Waals surface area contributed by atoms with Crippen molar-refractivity contribution in [3.63, 3.8) is 0 Å². The SMILES string of the molecule is C[C@H](C(=O)N1C2CC2C[C@H]1C#N)C12CC3CC(CC(O)(C3)C1)C2. The van der Waals surface area contributed by atoms with Crippen LogP contribution >= 0.6 is 0 Å². The van der Waals surface area contributed by atoms with Crippen molar-refractivity contribution < 1.29 is 9.90 Å². The lowest BCUT2D eigenvalue weighted by atomic mass is 9.45. The van der Waals surface area contributed by atoms with Crippen LogP contribution in [0.4, 0.5) is 0 Å². The maximum Gasteiger partial charge on any atom is 0.227 e. The number of nitrogens with zero attached hydrogens (tertiary/aromatic N) is 2. The molecule has 1 heterocycles. The van der Waals surface area contributed by atoms with Crippen molar-refractivity contribution in [1.29, 1.82) is 5.26 Å². The zero-order chi connectivity index (χ0) is 16.0. The smallest absolute Gasteiger partial charge is 0.227 e. The van der Waals surface area contributed by atoms with Crippen molar-refractivity contribution in [3.8, 4) is 6.07 Å². The first kappa shape index (κ1) is 14.3. The molecule has 1 aliphatic heterocycles. The normalized spacial score (nSPS) is 53.8. The highest BCUT2D eigenvalue weighted by atomic mass is 16.3. The van der Waals surface area contributed by atoms with Crippen LogP contribution in [-0.2, 0) is 4.79 Å². The highest BCUT2D eigenvalue weighted by Gasteiger charge is 2.62. The van der Waals surface area contributed by atoms with Crippen LogP contribution in [0.25, 0.3) is 0 Å². The molecule has 5 aliphatic carbocycles. The van der Waals surface area contributed by atoms with E-state index in [1.807, 2.05) is 4.90 Å². The molecule has 0 radical (unpaired) electrons. The van der Waals surface area contributed by atoms with E-state index in [4.69, 9.17) is 0 Å². The molecule has 1 saturated heterocycles. The van der Waals surface area contributed by atoms with Crippen LogP contribution < -0.4 is 0 Å². The number of hydrogen-bond donors (Lipinski definition) is 1. The Morgan fingerprint density at radius 1 is 1.22 bits per heavy atom. The number of fused-ring (bicyclic) bond motifs is 1. The molecule has 4 heteroatoms. The van der Waals surface area contributed by atoms with E-state index in [-0.39, 0.29) is 23.3 Å². The van der Waals surface area contributed by atoms with Gasteiger partial charge in [-0.15, -0.1) is 0 Å². The first-order valence-electron chi connectivity index (χ1n) is 9.37. The van der Waals surface area contributed by atoms with E-state index in [2.05, 4.69) is 13.0 Å². The largest absolute Gasteiger partial charge is 0.390 e. The Kier molecular flexibility index (Phi) is 2.67. The van der Waals surface area contributed by atoms with Gasteiger partial charge in [0.25, 0.3) is 0 Å². The fraction of sp³-hybridized carbons (Fsp3) is 0.895. The van der Waals surface area contributed by atoms with Gasteiger partial charge < -0.3 is 10.0 Å². The van der Waals surface area contributed by atoms with E-state index < -0.39 is 5.60 Å². The maximum absolute atomic E-state index is 13.3. The second-order valence-electron chi connectivity index (χ2n) is 9.46. The number of carbonyl (C=O) groups excluding carboxylic acids is 1. The fourth-order valence-electron chi connectivity index (χ4n) is 7.17. The zero-order valence-corrected chi connectivity index (χ0v) is 13.9. The number of nitriles is 1. The third-order valence-corrected chi connectivity index (χ3v) is 7.87. The van der Waals surface area contributed by atoms with Gasteiger partial charge in [-0.2, -0.15) is 5.26 Å². The van der Waals surface area contributed by atoms with Crippen LogP contribution in [0.2, 0.25) is 0 Å². The van der Waals surface area contributed by atoms with E-state index in [1.165, 1.54) is 6.42 Å². The Hall–Kier alpha value is -1.08. The third-order valence-electron chi connectivity index (χ3n) is 7.87. The van der Waals surface area contributed by atoms with Crippen molar-refractivity contribution in [3.05, 3.63) is 0 Å². The van der Waals surface area contributed by atoms with Crippen LogP contribution in [0.15, 0.2) is 0 Å². The molecular weight excluding hydrogens is 288 g/mol. The molecule has 0 aromatic heterocycles. The van der Waals surface area contributed by atoms with Crippen molar-refractivity contribution in [2.45, 2.75) is 76.0 Å². The number of piperidine rings is 1. The molecule has 1 N–H and O–H groups in total. The van der Waals surface area contributed by atoms with Crippen molar-refractivity contribution in [2.75, 3.05) is 0 Å². The molecule has 4 nitrogen and oxygen atoms in total. The summed E-state index contributed by atoms with van der Waals surface area (Å²) in [7, 11) is 0. The third kappa shape index (κ3) is 1.89. The monoisotopic (exact) mass is 314 g/mol. The topological polar surface area (TPSA) is 64.3 Å². The summed E-state index contributed by atoms with van der Waals surface area (Å²) in [5.74, 6) is 1.95. The highest BCUT2D eigenvalue weighted by Crippen LogP contribution is 2.64. The molecule has 0 aromatic rings. The number of likely N-dealkylation sites (tertiary alicyclic amines) is 1. The van der Waals surface area contributed by atoms with Crippen LogP contribution in [0.3, 0.4) is 0 Å². The van der Waals surface area contributed by atoms with Crippen LogP contribution in [0.1, 0.15) is 58.3 Å². The summed E-state index contributed by atoms with van der Waals surface area (Å²) in [4.78, 5) is 15.2. The molecule has 4 bridgehead atoms. The lowest BCUT2D eigenvalue weighted by molar-refractivity contribution is -0.186. The lowest BCUT2D eigenvalue weighted by Gasteiger charge is -2.62. The van der Waals surface area contributed by atoms with Gasteiger partial charge in [-0.1, -0.05) is 6.92 Å². The molecule has 5 saturated carbocycles. The first-order valence-corrected chi connectivity index (χ1v) is 9.37. The first-order chi connectivity index (χ1) is 10.9. The van der Waals surface area contributed by atoms with E-state index in [1.54, 1.807) is 0 Å². The number of rotatable bonds is 2. The van der Waals surface area contributed by atoms with Crippen LogP contribution in [0.5, 0.6) is 0 Å². The molecule has 6 atom stereocenters. The number of amides is 1. The number of carbonyl (C=O) groups is 1. The Morgan fingerprint density at radius 3 is 2.52 bits per heavy atom. The Morgan fingerprint density at radius 2 is 1.91 bits per heavy atom. The highest BCUT2D eigenvalue weighted by molar-refractivity contribution is 5.81. The predicted molar refractivity (Wildman–Crippen MR) is 84.0 cm³/mol. The van der Waals surface area contributed by atoms with Crippen molar-refractivity contribution in [2.24, 2.45) is 29.1 Å². The Labute approximate surface area is 137 Å².